The van der Waals surface area contributed by atoms with Crippen molar-refractivity contribution in [2.24, 2.45) is 0 Å². The normalized spacial score (nSPS) is 11.1. The van der Waals surface area contributed by atoms with Gasteiger partial charge in [0.2, 0.25) is 0 Å². The third-order valence-electron chi connectivity index (χ3n) is 6.39. The van der Waals surface area contributed by atoms with Crippen molar-refractivity contribution in [3.05, 3.63) is 122 Å². The van der Waals surface area contributed by atoms with Crippen molar-refractivity contribution in [3.8, 4) is 11.4 Å². The van der Waals surface area contributed by atoms with E-state index >= 15 is 0 Å². The van der Waals surface area contributed by atoms with Crippen molar-refractivity contribution in [1.29, 1.82) is 0 Å². The molecule has 0 saturated heterocycles. The Hall–Kier alpha value is -4.72. The van der Waals surface area contributed by atoms with Gasteiger partial charge < -0.3 is 9.30 Å². The summed E-state index contributed by atoms with van der Waals surface area (Å²) in [5.41, 5.74) is 3.14. The molecule has 5 rings (SSSR count). The maximum atomic E-state index is 13.7. The fraction of sp³-hybridized carbons (Fsp3) is 0.172. The highest BCUT2D eigenvalue weighted by atomic mass is 16.5. The Morgan fingerprint density at radius 1 is 0.946 bits per heavy atom. The predicted molar refractivity (Wildman–Crippen MR) is 142 cm³/mol. The molecule has 0 radical (unpaired) electrons. The number of ether oxygens (including phenoxy) is 1. The fourth-order valence-electron chi connectivity index (χ4n) is 4.55. The third kappa shape index (κ3) is 4.49. The molecule has 2 heterocycles. The van der Waals surface area contributed by atoms with Crippen molar-refractivity contribution in [2.45, 2.75) is 26.9 Å². The summed E-state index contributed by atoms with van der Waals surface area (Å²) < 4.78 is 9.44. The van der Waals surface area contributed by atoms with Crippen LogP contribution in [-0.4, -0.2) is 31.6 Å². The molecule has 37 heavy (non-hydrogen) atoms. The van der Waals surface area contributed by atoms with E-state index in [2.05, 4.69) is 4.98 Å². The Kier molecular flexibility index (Phi) is 6.31. The zero-order valence-electron chi connectivity index (χ0n) is 20.8. The summed E-state index contributed by atoms with van der Waals surface area (Å²) in [7, 11) is 1.54. The van der Waals surface area contributed by atoms with E-state index in [0.717, 1.165) is 16.7 Å². The SMILES string of the molecule is COc1cccc(-n2c(=O)n(Cc3ccccc3)c(=O)c3c2ncn3CC(=O)c2ccc(C)cc2C)c1. The molecule has 0 aliphatic rings. The molecule has 0 spiro atoms. The van der Waals surface area contributed by atoms with Crippen LogP contribution in [0.4, 0.5) is 0 Å². The number of carbonyl (C=O) groups excluding carboxylic acids is 1. The number of aromatic nitrogens is 4. The molecule has 0 aliphatic heterocycles. The molecule has 0 saturated carbocycles. The van der Waals surface area contributed by atoms with Crippen LogP contribution in [0.1, 0.15) is 27.0 Å². The lowest BCUT2D eigenvalue weighted by molar-refractivity contribution is 0.0972. The van der Waals surface area contributed by atoms with Gasteiger partial charge in [-0.05, 0) is 37.1 Å². The van der Waals surface area contributed by atoms with Gasteiger partial charge in [-0.2, -0.15) is 0 Å². The largest absolute Gasteiger partial charge is 0.497 e. The number of methoxy groups -OCH3 is 1. The number of hydrogen-bond donors (Lipinski definition) is 0. The number of fused-ring (bicyclic) bond motifs is 1. The minimum Gasteiger partial charge on any atom is -0.497 e. The number of nitrogens with zero attached hydrogens (tertiary/aromatic N) is 4. The van der Waals surface area contributed by atoms with E-state index in [1.807, 2.05) is 56.3 Å². The maximum Gasteiger partial charge on any atom is 0.337 e. The third-order valence-corrected chi connectivity index (χ3v) is 6.39. The molecule has 186 valence electrons. The van der Waals surface area contributed by atoms with E-state index < -0.39 is 11.2 Å². The summed E-state index contributed by atoms with van der Waals surface area (Å²) >= 11 is 0. The second kappa shape index (κ2) is 9.73. The van der Waals surface area contributed by atoms with Crippen molar-refractivity contribution < 1.29 is 9.53 Å². The lowest BCUT2D eigenvalue weighted by Crippen LogP contribution is -2.40. The fourth-order valence-corrected chi connectivity index (χ4v) is 4.55. The first kappa shape index (κ1) is 24.0. The molecule has 2 aromatic heterocycles. The summed E-state index contributed by atoms with van der Waals surface area (Å²) in [5.74, 6) is 0.410. The zero-order chi connectivity index (χ0) is 26.1. The van der Waals surface area contributed by atoms with E-state index in [4.69, 9.17) is 4.74 Å². The van der Waals surface area contributed by atoms with Gasteiger partial charge in [0, 0.05) is 11.6 Å². The average Bonchev–Trinajstić information content (AvgIpc) is 3.30. The van der Waals surface area contributed by atoms with Crippen LogP contribution in [0.15, 0.2) is 88.7 Å². The molecular formula is C29H26N4O4. The minimum atomic E-state index is -0.527. The first-order valence-electron chi connectivity index (χ1n) is 11.9. The van der Waals surface area contributed by atoms with Gasteiger partial charge in [0.05, 0.1) is 32.2 Å². The van der Waals surface area contributed by atoms with Crippen LogP contribution in [0, 0.1) is 13.8 Å². The van der Waals surface area contributed by atoms with E-state index in [-0.39, 0.29) is 30.0 Å². The highest BCUT2D eigenvalue weighted by Gasteiger charge is 2.21. The lowest BCUT2D eigenvalue weighted by atomic mass is 10.0. The molecule has 0 amide bonds. The van der Waals surface area contributed by atoms with Gasteiger partial charge in [0.25, 0.3) is 5.56 Å². The molecular weight excluding hydrogens is 468 g/mol. The van der Waals surface area contributed by atoms with Gasteiger partial charge in [-0.15, -0.1) is 0 Å². The first-order chi connectivity index (χ1) is 17.9. The smallest absolute Gasteiger partial charge is 0.337 e. The number of imidazole rings is 1. The van der Waals surface area contributed by atoms with Gasteiger partial charge in [0.1, 0.15) is 5.75 Å². The Labute approximate surface area is 213 Å². The molecule has 0 unspecified atom stereocenters. The topological polar surface area (TPSA) is 88.1 Å². The second-order valence-electron chi connectivity index (χ2n) is 8.98. The predicted octanol–water partition coefficient (Wildman–Crippen LogP) is 3.91. The number of benzene rings is 3. The maximum absolute atomic E-state index is 13.7. The molecule has 5 aromatic rings. The molecule has 0 atom stereocenters. The van der Waals surface area contributed by atoms with E-state index in [9.17, 15) is 14.4 Å². The quantitative estimate of drug-likeness (QED) is 0.320. The molecule has 8 heteroatoms. The molecule has 0 aliphatic carbocycles. The minimum absolute atomic E-state index is 0.0780. The highest BCUT2D eigenvalue weighted by Crippen LogP contribution is 2.19. The Morgan fingerprint density at radius 3 is 2.46 bits per heavy atom. The van der Waals surface area contributed by atoms with Crippen LogP contribution in [-0.2, 0) is 13.1 Å². The van der Waals surface area contributed by atoms with Crippen LogP contribution < -0.4 is 16.0 Å². The number of carbonyl (C=O) groups is 1. The highest BCUT2D eigenvalue weighted by molar-refractivity contribution is 5.98. The molecule has 0 fully saturated rings. The van der Waals surface area contributed by atoms with Gasteiger partial charge in [-0.1, -0.05) is 60.2 Å². The van der Waals surface area contributed by atoms with E-state index in [1.54, 1.807) is 37.4 Å². The van der Waals surface area contributed by atoms with Gasteiger partial charge in [0.15, 0.2) is 16.9 Å². The number of ketones is 1. The van der Waals surface area contributed by atoms with Crippen LogP contribution in [0.5, 0.6) is 5.75 Å². The lowest BCUT2D eigenvalue weighted by Gasteiger charge is -2.14. The van der Waals surface area contributed by atoms with Gasteiger partial charge in [-0.3, -0.25) is 14.2 Å². The van der Waals surface area contributed by atoms with Crippen LogP contribution >= 0.6 is 0 Å². The monoisotopic (exact) mass is 494 g/mol. The molecule has 3 aromatic carbocycles. The van der Waals surface area contributed by atoms with Crippen molar-refractivity contribution in [2.75, 3.05) is 7.11 Å². The Balaban J connectivity index is 1.71. The standard InChI is InChI=1S/C29H26N4O4/c1-19-12-13-24(20(2)14-19)25(34)17-31-18-30-27-26(31)28(35)32(16-21-8-5-4-6-9-21)29(36)33(27)22-10-7-11-23(15-22)37-3/h4-15,18H,16-17H2,1-3H3. The van der Waals surface area contributed by atoms with Crippen LogP contribution in [0.25, 0.3) is 16.9 Å². The first-order valence-corrected chi connectivity index (χ1v) is 11.9. The number of rotatable bonds is 7. The van der Waals surface area contributed by atoms with Crippen LogP contribution in [0.2, 0.25) is 0 Å². The van der Waals surface area contributed by atoms with Crippen molar-refractivity contribution >= 4 is 16.9 Å². The summed E-state index contributed by atoms with van der Waals surface area (Å²) in [6, 6.07) is 21.9. The van der Waals surface area contributed by atoms with Gasteiger partial charge in [-0.25, -0.2) is 14.3 Å². The average molecular weight is 495 g/mol. The zero-order valence-corrected chi connectivity index (χ0v) is 20.8. The second-order valence-corrected chi connectivity index (χ2v) is 8.98. The summed E-state index contributed by atoms with van der Waals surface area (Å²) in [5, 5.41) is 0. The summed E-state index contributed by atoms with van der Waals surface area (Å²) in [4.78, 5) is 45.1. The van der Waals surface area contributed by atoms with E-state index in [1.165, 1.54) is 20.0 Å². The molecule has 0 bridgehead atoms. The van der Waals surface area contributed by atoms with Crippen LogP contribution in [0.3, 0.4) is 0 Å². The summed E-state index contributed by atoms with van der Waals surface area (Å²) in [6.07, 6.45) is 1.44. The number of Topliss-reactive ketones (excluding diaryl/α,β-unsaturated/α-hetero) is 1. The summed E-state index contributed by atoms with van der Waals surface area (Å²) in [6.45, 7) is 3.85. The molecule has 8 nitrogen and oxygen atoms in total. The van der Waals surface area contributed by atoms with Gasteiger partial charge >= 0.3 is 5.69 Å². The van der Waals surface area contributed by atoms with Crippen molar-refractivity contribution in [1.82, 2.24) is 18.7 Å². The Morgan fingerprint density at radius 2 is 1.73 bits per heavy atom. The van der Waals surface area contributed by atoms with Crippen molar-refractivity contribution in [3.63, 3.8) is 0 Å². The number of aryl methyl sites for hydroxylation is 2. The van der Waals surface area contributed by atoms with E-state index in [0.29, 0.717) is 17.0 Å². The molecule has 0 N–H and O–H groups in total. The number of hydrogen-bond acceptors (Lipinski definition) is 5. The Bertz CT molecular complexity index is 1750.